The largest absolute Gasteiger partial charge is 0.352 e. The number of hydrogen-bond donors (Lipinski definition) is 4. The van der Waals surface area contributed by atoms with Gasteiger partial charge in [0.25, 0.3) is 11.5 Å². The molecule has 0 saturated carbocycles. The van der Waals surface area contributed by atoms with Gasteiger partial charge in [-0.3, -0.25) is 14.2 Å². The molecule has 0 aliphatic heterocycles. The van der Waals surface area contributed by atoms with Crippen LogP contribution in [0.1, 0.15) is 21.7 Å². The van der Waals surface area contributed by atoms with Crippen LogP contribution in [-0.2, 0) is 4.57 Å². The summed E-state index contributed by atoms with van der Waals surface area (Å²) in [4.78, 5) is 50.1. The molecule has 0 aliphatic carbocycles. The molecule has 2 heterocycles. The zero-order valence-corrected chi connectivity index (χ0v) is 14.6. The highest BCUT2D eigenvalue weighted by molar-refractivity contribution is 7.52. The lowest BCUT2D eigenvalue weighted by Gasteiger charge is -2.20. The van der Waals surface area contributed by atoms with Gasteiger partial charge < -0.3 is 20.1 Å². The first-order valence-electron chi connectivity index (χ1n) is 7.64. The van der Waals surface area contributed by atoms with Crippen LogP contribution in [0.3, 0.4) is 0 Å². The molecular formula is C16H14N5O5P. The van der Waals surface area contributed by atoms with Gasteiger partial charge in [0.15, 0.2) is 11.6 Å². The lowest BCUT2D eigenvalue weighted by atomic mass is 10.2. The minimum atomic E-state index is -4.73. The molecule has 4 N–H and O–H groups in total. The van der Waals surface area contributed by atoms with Crippen molar-refractivity contribution in [3.63, 3.8) is 0 Å². The number of nitrogens with zero attached hydrogens (tertiary/aromatic N) is 3. The quantitative estimate of drug-likeness (QED) is 0.469. The highest BCUT2D eigenvalue weighted by Gasteiger charge is 2.32. The van der Waals surface area contributed by atoms with Crippen molar-refractivity contribution in [2.45, 2.75) is 5.78 Å². The van der Waals surface area contributed by atoms with Crippen LogP contribution in [0.2, 0.25) is 0 Å². The van der Waals surface area contributed by atoms with Gasteiger partial charge in [-0.2, -0.15) is 5.10 Å². The number of H-pyrrole nitrogens is 1. The summed E-state index contributed by atoms with van der Waals surface area (Å²) in [7, 11) is -4.73. The number of nitrogens with one attached hydrogen (secondary N) is 2. The molecule has 0 aliphatic rings. The Labute approximate surface area is 152 Å². The van der Waals surface area contributed by atoms with Crippen LogP contribution in [0.4, 0.5) is 0 Å². The Morgan fingerprint density at radius 2 is 1.89 bits per heavy atom. The first kappa shape index (κ1) is 18.6. The van der Waals surface area contributed by atoms with Crippen molar-refractivity contribution in [1.29, 1.82) is 0 Å². The van der Waals surface area contributed by atoms with Crippen LogP contribution in [0, 0.1) is 0 Å². The van der Waals surface area contributed by atoms with Gasteiger partial charge in [-0.15, -0.1) is 5.10 Å². The lowest BCUT2D eigenvalue weighted by molar-refractivity contribution is 0.0941. The van der Waals surface area contributed by atoms with Crippen molar-refractivity contribution in [3.05, 3.63) is 76.3 Å². The van der Waals surface area contributed by atoms with E-state index in [0.29, 0.717) is 5.69 Å². The second kappa shape index (κ2) is 7.58. The first-order valence-corrected chi connectivity index (χ1v) is 9.33. The minimum absolute atomic E-state index is 0.110. The average molecular weight is 387 g/mol. The molecule has 1 aromatic carbocycles. The number of aromatic nitrogens is 4. The SMILES string of the molecule is O=C(N[C@H](c1ccccc1)P(=O)(O)O)c1cnc(-c2cccnn2)[nH]c1=O. The molecule has 2 aromatic heterocycles. The van der Waals surface area contributed by atoms with Crippen molar-refractivity contribution < 1.29 is 19.1 Å². The standard InChI is InChI=1S/C16H14N5O5P/c22-14-11(9-17-13(19-14)12-7-4-8-18-21-12)15(23)20-16(27(24,25)26)10-5-2-1-3-6-10/h1-9,16H,(H,20,23)(H,17,19,22)(H2,24,25,26)/t16-/m0/s1. The fraction of sp³-hybridized carbons (Fsp3) is 0.0625. The average Bonchev–Trinajstić information content (AvgIpc) is 2.66. The molecule has 1 amide bonds. The molecule has 138 valence electrons. The maximum absolute atomic E-state index is 12.4. The van der Waals surface area contributed by atoms with Crippen LogP contribution >= 0.6 is 7.60 Å². The summed E-state index contributed by atoms with van der Waals surface area (Å²) < 4.78 is 11.8. The molecule has 0 spiro atoms. The van der Waals surface area contributed by atoms with Gasteiger partial charge in [0.2, 0.25) is 0 Å². The zero-order chi connectivity index (χ0) is 19.4. The maximum atomic E-state index is 12.4. The number of carbonyl (C=O) groups is 1. The van der Waals surface area contributed by atoms with E-state index in [1.807, 2.05) is 0 Å². The Morgan fingerprint density at radius 3 is 2.48 bits per heavy atom. The summed E-state index contributed by atoms with van der Waals surface area (Å²) in [5.41, 5.74) is -0.656. The summed E-state index contributed by atoms with van der Waals surface area (Å²) >= 11 is 0. The summed E-state index contributed by atoms with van der Waals surface area (Å²) in [5.74, 6) is -2.45. The second-order valence-electron chi connectivity index (χ2n) is 5.46. The highest BCUT2D eigenvalue weighted by Crippen LogP contribution is 2.49. The van der Waals surface area contributed by atoms with E-state index >= 15 is 0 Å². The van der Waals surface area contributed by atoms with Crippen LogP contribution < -0.4 is 10.9 Å². The fourth-order valence-electron chi connectivity index (χ4n) is 2.31. The zero-order valence-electron chi connectivity index (χ0n) is 13.7. The van der Waals surface area contributed by atoms with Gasteiger partial charge in [-0.05, 0) is 17.7 Å². The van der Waals surface area contributed by atoms with Crippen molar-refractivity contribution in [2.75, 3.05) is 0 Å². The molecular weight excluding hydrogens is 373 g/mol. The number of amides is 1. The number of hydrogen-bond acceptors (Lipinski definition) is 6. The molecule has 10 nitrogen and oxygen atoms in total. The van der Waals surface area contributed by atoms with Crippen LogP contribution in [0.15, 0.2) is 59.7 Å². The molecule has 0 radical (unpaired) electrons. The van der Waals surface area contributed by atoms with Crippen LogP contribution in [0.25, 0.3) is 11.5 Å². The molecule has 3 rings (SSSR count). The number of benzene rings is 1. The van der Waals surface area contributed by atoms with E-state index in [9.17, 15) is 23.9 Å². The molecule has 0 unspecified atom stereocenters. The monoisotopic (exact) mass is 387 g/mol. The van der Waals surface area contributed by atoms with Gasteiger partial charge in [-0.25, -0.2) is 4.98 Å². The number of aromatic amines is 1. The van der Waals surface area contributed by atoms with E-state index in [-0.39, 0.29) is 11.4 Å². The van der Waals surface area contributed by atoms with Crippen molar-refractivity contribution in [2.24, 2.45) is 0 Å². The molecule has 1 atom stereocenters. The Bertz CT molecular complexity index is 1050. The first-order chi connectivity index (χ1) is 12.9. The Kier molecular flexibility index (Phi) is 5.22. The summed E-state index contributed by atoms with van der Waals surface area (Å²) in [6, 6.07) is 10.9. The predicted molar refractivity (Wildman–Crippen MR) is 94.6 cm³/mol. The maximum Gasteiger partial charge on any atom is 0.352 e. The summed E-state index contributed by atoms with van der Waals surface area (Å²) in [5, 5.41) is 9.67. The molecule has 0 saturated heterocycles. The van der Waals surface area contributed by atoms with E-state index in [0.717, 1.165) is 6.20 Å². The van der Waals surface area contributed by atoms with E-state index in [1.54, 1.807) is 30.3 Å². The van der Waals surface area contributed by atoms with E-state index in [1.165, 1.54) is 18.3 Å². The topological polar surface area (TPSA) is 158 Å². The van der Waals surface area contributed by atoms with Gasteiger partial charge in [0, 0.05) is 12.4 Å². The van der Waals surface area contributed by atoms with Gasteiger partial charge in [0.05, 0.1) is 0 Å². The highest BCUT2D eigenvalue weighted by atomic mass is 31.2. The molecule has 0 fully saturated rings. The van der Waals surface area contributed by atoms with E-state index in [4.69, 9.17) is 0 Å². The molecule has 11 heteroatoms. The van der Waals surface area contributed by atoms with Gasteiger partial charge in [0.1, 0.15) is 11.3 Å². The molecule has 27 heavy (non-hydrogen) atoms. The molecule has 0 bridgehead atoms. The van der Waals surface area contributed by atoms with E-state index in [2.05, 4.69) is 25.5 Å². The third kappa shape index (κ3) is 4.32. The number of carbonyl (C=O) groups excluding carboxylic acids is 1. The van der Waals surface area contributed by atoms with Gasteiger partial charge >= 0.3 is 7.60 Å². The smallest absolute Gasteiger partial charge is 0.334 e. The number of rotatable bonds is 5. The summed E-state index contributed by atoms with van der Waals surface area (Å²) in [6.07, 6.45) is 2.47. The third-order valence-corrected chi connectivity index (χ3v) is 4.68. The normalized spacial score (nSPS) is 12.4. The van der Waals surface area contributed by atoms with Crippen molar-refractivity contribution in [3.8, 4) is 11.5 Å². The Morgan fingerprint density at radius 1 is 1.15 bits per heavy atom. The second-order valence-corrected chi connectivity index (χ2v) is 7.15. The Balaban J connectivity index is 1.89. The summed E-state index contributed by atoms with van der Waals surface area (Å²) in [6.45, 7) is 0. The lowest BCUT2D eigenvalue weighted by Crippen LogP contribution is -2.33. The van der Waals surface area contributed by atoms with Crippen molar-refractivity contribution >= 4 is 13.5 Å². The Hall–Kier alpha value is -3.20. The van der Waals surface area contributed by atoms with Crippen LogP contribution in [-0.4, -0.2) is 35.9 Å². The van der Waals surface area contributed by atoms with Crippen molar-refractivity contribution in [1.82, 2.24) is 25.5 Å². The predicted octanol–water partition coefficient (Wildman–Crippen LogP) is 0.833. The molecule has 3 aromatic rings. The van der Waals surface area contributed by atoms with Gasteiger partial charge in [-0.1, -0.05) is 30.3 Å². The van der Waals surface area contributed by atoms with E-state index < -0.39 is 30.4 Å². The minimum Gasteiger partial charge on any atom is -0.334 e. The van der Waals surface area contributed by atoms with Crippen LogP contribution in [0.5, 0.6) is 0 Å². The third-order valence-electron chi connectivity index (χ3n) is 3.58. The fourth-order valence-corrected chi connectivity index (χ4v) is 3.16.